The Bertz CT molecular complexity index is 2410. The number of para-hydroxylation sites is 1. The van der Waals surface area contributed by atoms with Crippen LogP contribution in [0.3, 0.4) is 0 Å². The number of aromatic amines is 1. The Labute approximate surface area is 290 Å². The maximum absolute atomic E-state index is 4.93. The van der Waals surface area contributed by atoms with Crippen LogP contribution in [0.5, 0.6) is 0 Å². The summed E-state index contributed by atoms with van der Waals surface area (Å²) in [6, 6.07) is 48.1. The van der Waals surface area contributed by atoms with Crippen molar-refractivity contribution in [1.29, 1.82) is 0 Å². The predicted molar refractivity (Wildman–Crippen MR) is 204 cm³/mol. The first kappa shape index (κ1) is 30.4. The van der Waals surface area contributed by atoms with Crippen LogP contribution in [0.25, 0.3) is 85.5 Å². The monoisotopic (exact) mass is 644 g/mol. The van der Waals surface area contributed by atoms with E-state index in [9.17, 15) is 0 Å². The Kier molecular flexibility index (Phi) is 8.09. The van der Waals surface area contributed by atoms with E-state index in [1.807, 2.05) is 36.4 Å². The minimum absolute atomic E-state index is 0.592. The first-order chi connectivity index (χ1) is 24.7. The summed E-state index contributed by atoms with van der Waals surface area (Å²) in [7, 11) is 0. The fourth-order valence-corrected chi connectivity index (χ4v) is 6.18. The quantitative estimate of drug-likeness (QED) is 0.170. The lowest BCUT2D eigenvalue weighted by molar-refractivity contribution is 1.05. The van der Waals surface area contributed by atoms with Gasteiger partial charge in [0.05, 0.1) is 35.3 Å². The SMILES string of the molecule is C=Cc1nc(-c2ccc(-c3ccc(-c4cc(-c5ccc(-c6ccccc6)cc5)nc(-c5cnc[nH]5)n4)cc3)cc2)n(-c2ccccc2)c1C=C. The van der Waals surface area contributed by atoms with Crippen LogP contribution < -0.4 is 0 Å². The van der Waals surface area contributed by atoms with E-state index in [1.165, 1.54) is 5.56 Å². The van der Waals surface area contributed by atoms with E-state index < -0.39 is 0 Å². The van der Waals surface area contributed by atoms with E-state index in [4.69, 9.17) is 15.0 Å². The topological polar surface area (TPSA) is 72.3 Å². The van der Waals surface area contributed by atoms with Gasteiger partial charge in [-0.1, -0.05) is 134 Å². The fourth-order valence-electron chi connectivity index (χ4n) is 6.18. The summed E-state index contributed by atoms with van der Waals surface area (Å²) >= 11 is 0. The predicted octanol–water partition coefficient (Wildman–Crippen LogP) is 10.7. The molecule has 0 saturated carbocycles. The third-order valence-corrected chi connectivity index (χ3v) is 8.75. The van der Waals surface area contributed by atoms with Gasteiger partial charge in [-0.2, -0.15) is 0 Å². The van der Waals surface area contributed by atoms with Gasteiger partial charge in [0.2, 0.25) is 0 Å². The zero-order chi connectivity index (χ0) is 33.9. The lowest BCUT2D eigenvalue weighted by Gasteiger charge is -2.12. The number of hydrogen-bond donors (Lipinski definition) is 1. The summed E-state index contributed by atoms with van der Waals surface area (Å²) < 4.78 is 2.12. The highest BCUT2D eigenvalue weighted by Crippen LogP contribution is 2.32. The minimum atomic E-state index is 0.592. The molecule has 8 aromatic rings. The summed E-state index contributed by atoms with van der Waals surface area (Å²) in [6.45, 7) is 8.03. The molecule has 3 aromatic heterocycles. The van der Waals surface area contributed by atoms with Crippen LogP contribution in [0.4, 0.5) is 0 Å². The molecule has 0 amide bonds. The van der Waals surface area contributed by atoms with Crippen molar-refractivity contribution in [2.45, 2.75) is 0 Å². The van der Waals surface area contributed by atoms with Gasteiger partial charge in [0.1, 0.15) is 11.5 Å². The molecule has 0 aliphatic heterocycles. The molecular weight excluding hydrogens is 613 g/mol. The van der Waals surface area contributed by atoms with Crippen LogP contribution in [-0.4, -0.2) is 29.5 Å². The number of H-pyrrole nitrogens is 1. The Hall–Kier alpha value is -6.92. The smallest absolute Gasteiger partial charge is 0.178 e. The van der Waals surface area contributed by atoms with Crippen molar-refractivity contribution in [2.75, 3.05) is 0 Å². The molecule has 0 spiro atoms. The molecule has 6 heteroatoms. The van der Waals surface area contributed by atoms with E-state index in [-0.39, 0.29) is 0 Å². The van der Waals surface area contributed by atoms with Gasteiger partial charge >= 0.3 is 0 Å². The van der Waals surface area contributed by atoms with Crippen LogP contribution in [-0.2, 0) is 0 Å². The van der Waals surface area contributed by atoms with E-state index in [0.717, 1.165) is 73.4 Å². The molecular formula is C44H32N6. The number of nitrogens with one attached hydrogen (secondary N) is 1. The first-order valence-corrected chi connectivity index (χ1v) is 16.4. The second-order valence-electron chi connectivity index (χ2n) is 11.8. The molecule has 0 atom stereocenters. The zero-order valence-corrected chi connectivity index (χ0v) is 27.2. The van der Waals surface area contributed by atoms with Crippen LogP contribution in [0, 0.1) is 0 Å². The summed E-state index contributed by atoms with van der Waals surface area (Å²) in [6.07, 6.45) is 7.00. The number of nitrogens with zero attached hydrogens (tertiary/aromatic N) is 5. The lowest BCUT2D eigenvalue weighted by Crippen LogP contribution is -1.99. The second kappa shape index (κ2) is 13.3. The Morgan fingerprint density at radius 2 is 1.02 bits per heavy atom. The first-order valence-electron chi connectivity index (χ1n) is 16.4. The highest BCUT2D eigenvalue weighted by atomic mass is 15.1. The van der Waals surface area contributed by atoms with Gasteiger partial charge in [0.25, 0.3) is 0 Å². The Morgan fingerprint density at radius 1 is 0.520 bits per heavy atom. The molecule has 6 nitrogen and oxygen atoms in total. The van der Waals surface area contributed by atoms with Crippen LogP contribution in [0.15, 0.2) is 165 Å². The molecule has 0 aliphatic carbocycles. The number of hydrogen-bond acceptors (Lipinski definition) is 4. The van der Waals surface area contributed by atoms with Crippen molar-refractivity contribution in [1.82, 2.24) is 29.5 Å². The molecule has 0 radical (unpaired) electrons. The summed E-state index contributed by atoms with van der Waals surface area (Å²) in [5.74, 6) is 1.43. The molecule has 1 N–H and O–H groups in total. The third-order valence-electron chi connectivity index (χ3n) is 8.75. The Balaban J connectivity index is 1.11. The average Bonchev–Trinajstić information content (AvgIpc) is 3.88. The Morgan fingerprint density at radius 3 is 1.52 bits per heavy atom. The molecule has 3 heterocycles. The van der Waals surface area contributed by atoms with Crippen molar-refractivity contribution in [2.24, 2.45) is 0 Å². The van der Waals surface area contributed by atoms with Gasteiger partial charge in [-0.05, 0) is 52.6 Å². The van der Waals surface area contributed by atoms with Crippen molar-refractivity contribution in [3.8, 4) is 73.4 Å². The van der Waals surface area contributed by atoms with Gasteiger partial charge in [-0.3, -0.25) is 4.57 Å². The number of benzene rings is 5. The lowest BCUT2D eigenvalue weighted by atomic mass is 10.00. The van der Waals surface area contributed by atoms with Gasteiger partial charge in [-0.25, -0.2) is 19.9 Å². The highest BCUT2D eigenvalue weighted by Gasteiger charge is 2.17. The van der Waals surface area contributed by atoms with Crippen LogP contribution in [0.1, 0.15) is 11.4 Å². The second-order valence-corrected chi connectivity index (χ2v) is 11.8. The maximum atomic E-state index is 4.93. The summed E-state index contributed by atoms with van der Waals surface area (Å²) in [5, 5.41) is 0. The fraction of sp³-hybridized carbons (Fsp3) is 0. The standard InChI is InChI=1S/C44H32N6/c1-3-38-42(4-2)50(37-13-9-6-10-14-37)44(49-38)36-25-19-33(20-26-36)32-17-23-35(24-18-32)40-27-39(47-43(48-40)41-28-45-29-46-41)34-21-15-31(16-22-34)30-11-7-5-8-12-30/h3-29H,1-2H2,(H,45,46). The van der Waals surface area contributed by atoms with Crippen LogP contribution in [0.2, 0.25) is 0 Å². The normalized spacial score (nSPS) is 11.0. The number of imidazole rings is 2. The van der Waals surface area contributed by atoms with E-state index in [2.05, 4.69) is 137 Å². The van der Waals surface area contributed by atoms with Crippen molar-refractivity contribution in [3.63, 3.8) is 0 Å². The average molecular weight is 645 g/mol. The molecule has 0 saturated heterocycles. The van der Waals surface area contributed by atoms with Gasteiger partial charge in [0, 0.05) is 22.4 Å². The molecule has 238 valence electrons. The van der Waals surface area contributed by atoms with Gasteiger partial charge < -0.3 is 4.98 Å². The summed E-state index contributed by atoms with van der Waals surface area (Å²) in [4.78, 5) is 22.1. The number of aromatic nitrogens is 6. The zero-order valence-electron chi connectivity index (χ0n) is 27.2. The third kappa shape index (κ3) is 5.86. The number of rotatable bonds is 9. The van der Waals surface area contributed by atoms with E-state index in [1.54, 1.807) is 18.6 Å². The molecule has 0 fully saturated rings. The van der Waals surface area contributed by atoms with Crippen molar-refractivity contribution < 1.29 is 0 Å². The molecule has 50 heavy (non-hydrogen) atoms. The largest absolute Gasteiger partial charge is 0.342 e. The molecule has 5 aromatic carbocycles. The minimum Gasteiger partial charge on any atom is -0.342 e. The highest BCUT2D eigenvalue weighted by molar-refractivity contribution is 5.76. The van der Waals surface area contributed by atoms with Crippen molar-refractivity contribution >= 4 is 12.2 Å². The van der Waals surface area contributed by atoms with Crippen molar-refractivity contribution in [3.05, 3.63) is 177 Å². The van der Waals surface area contributed by atoms with Gasteiger partial charge in [-0.15, -0.1) is 0 Å². The molecule has 0 unspecified atom stereocenters. The molecule has 0 bridgehead atoms. The van der Waals surface area contributed by atoms with E-state index in [0.29, 0.717) is 5.82 Å². The van der Waals surface area contributed by atoms with Crippen LogP contribution >= 0.6 is 0 Å². The maximum Gasteiger partial charge on any atom is 0.178 e. The molecule has 8 rings (SSSR count). The van der Waals surface area contributed by atoms with E-state index >= 15 is 0 Å². The van der Waals surface area contributed by atoms with Gasteiger partial charge in [0.15, 0.2) is 5.82 Å². The summed E-state index contributed by atoms with van der Waals surface area (Å²) in [5.41, 5.74) is 12.7. The molecule has 0 aliphatic rings.